The van der Waals surface area contributed by atoms with Gasteiger partial charge in [0, 0.05) is 36.2 Å². The highest BCUT2D eigenvalue weighted by atomic mass is 19.1. The highest BCUT2D eigenvalue weighted by Crippen LogP contribution is 2.37. The van der Waals surface area contributed by atoms with Gasteiger partial charge < -0.3 is 19.3 Å². The van der Waals surface area contributed by atoms with E-state index >= 15 is 4.39 Å². The predicted octanol–water partition coefficient (Wildman–Crippen LogP) is 5.67. The Morgan fingerprint density at radius 1 is 0.857 bits per heavy atom. The fourth-order valence-corrected chi connectivity index (χ4v) is 3.86. The first-order chi connectivity index (χ1) is 17.1. The zero-order chi connectivity index (χ0) is 24.4. The molecule has 0 bridgehead atoms. The number of aromatic hydroxyl groups is 1. The maximum Gasteiger partial charge on any atom is 0.214 e. The van der Waals surface area contributed by atoms with Gasteiger partial charge in [0.1, 0.15) is 5.75 Å². The number of nitrogens with zero attached hydrogens (tertiary/aromatic N) is 3. The quantitative estimate of drug-likeness (QED) is 0.330. The molecule has 7 nitrogen and oxygen atoms in total. The lowest BCUT2D eigenvalue weighted by molar-refractivity contribution is 0.355. The van der Waals surface area contributed by atoms with Gasteiger partial charge in [0.2, 0.25) is 5.88 Å². The van der Waals surface area contributed by atoms with Crippen LogP contribution in [0.1, 0.15) is 11.3 Å². The zero-order valence-electron chi connectivity index (χ0n) is 19.1. The summed E-state index contributed by atoms with van der Waals surface area (Å²) in [5, 5.41) is 15.5. The van der Waals surface area contributed by atoms with E-state index in [1.165, 1.54) is 23.9 Å². The number of methoxy groups -OCH3 is 2. The lowest BCUT2D eigenvalue weighted by Gasteiger charge is -2.13. The molecule has 0 saturated heterocycles. The molecule has 0 amide bonds. The zero-order valence-corrected chi connectivity index (χ0v) is 19.1. The molecule has 0 atom stereocenters. The van der Waals surface area contributed by atoms with E-state index < -0.39 is 5.82 Å². The molecule has 0 unspecified atom stereocenters. The number of benzene rings is 3. The lowest BCUT2D eigenvalue weighted by atomic mass is 10.1. The van der Waals surface area contributed by atoms with E-state index in [2.05, 4.69) is 10.1 Å². The maximum atomic E-state index is 15.1. The molecule has 0 aliphatic heterocycles. The molecular formula is C27H22FN3O4. The third-order valence-corrected chi connectivity index (χ3v) is 5.56. The maximum absolute atomic E-state index is 15.1. The van der Waals surface area contributed by atoms with Crippen LogP contribution in [0.3, 0.4) is 0 Å². The van der Waals surface area contributed by atoms with Crippen molar-refractivity contribution < 1.29 is 23.7 Å². The molecule has 5 aromatic rings. The SMILES string of the molecule is COc1cc2nccc(Oc3ccc(-n4nc(Cc5ccccc5)cc4O)cc3F)c2cc1OC. The molecule has 0 saturated carbocycles. The Balaban J connectivity index is 1.43. The monoisotopic (exact) mass is 471 g/mol. The van der Waals surface area contributed by atoms with Gasteiger partial charge in [-0.25, -0.2) is 9.07 Å². The van der Waals surface area contributed by atoms with E-state index in [0.717, 1.165) is 5.56 Å². The Bertz CT molecular complexity index is 1500. The van der Waals surface area contributed by atoms with Gasteiger partial charge >= 0.3 is 0 Å². The minimum Gasteiger partial charge on any atom is -0.493 e. The number of aromatic nitrogens is 3. The molecular weight excluding hydrogens is 449 g/mol. The summed E-state index contributed by atoms with van der Waals surface area (Å²) < 4.78 is 33.0. The number of pyridine rings is 1. The molecule has 0 fully saturated rings. The molecule has 176 valence electrons. The average Bonchev–Trinajstić information content (AvgIpc) is 3.24. The van der Waals surface area contributed by atoms with Gasteiger partial charge in [-0.05, 0) is 29.8 Å². The number of ether oxygens (including phenoxy) is 3. The lowest BCUT2D eigenvalue weighted by Crippen LogP contribution is -1.99. The number of rotatable bonds is 7. The molecule has 2 heterocycles. The highest BCUT2D eigenvalue weighted by Gasteiger charge is 2.15. The Hall–Kier alpha value is -4.59. The normalized spacial score (nSPS) is 10.9. The summed E-state index contributed by atoms with van der Waals surface area (Å²) in [5.74, 6) is 0.791. The fourth-order valence-electron chi connectivity index (χ4n) is 3.86. The molecule has 1 N–H and O–H groups in total. The van der Waals surface area contributed by atoms with Gasteiger partial charge in [-0.3, -0.25) is 4.98 Å². The first-order valence-electron chi connectivity index (χ1n) is 10.9. The van der Waals surface area contributed by atoms with Crippen LogP contribution in [0.15, 0.2) is 79.0 Å². The van der Waals surface area contributed by atoms with E-state index in [9.17, 15) is 5.11 Å². The second-order valence-corrected chi connectivity index (χ2v) is 7.82. The fraction of sp³-hybridized carbons (Fsp3) is 0.111. The molecule has 3 aromatic carbocycles. The van der Waals surface area contributed by atoms with Crippen molar-refractivity contribution in [2.24, 2.45) is 0 Å². The molecule has 0 spiro atoms. The molecule has 0 aliphatic carbocycles. The summed E-state index contributed by atoms with van der Waals surface area (Å²) >= 11 is 0. The largest absolute Gasteiger partial charge is 0.493 e. The van der Waals surface area contributed by atoms with E-state index in [1.807, 2.05) is 30.3 Å². The minimum absolute atomic E-state index is 0.0205. The van der Waals surface area contributed by atoms with Crippen molar-refractivity contribution in [1.82, 2.24) is 14.8 Å². The van der Waals surface area contributed by atoms with Crippen molar-refractivity contribution in [3.8, 4) is 34.6 Å². The Morgan fingerprint density at radius 3 is 2.37 bits per heavy atom. The number of halogens is 1. The summed E-state index contributed by atoms with van der Waals surface area (Å²) in [7, 11) is 3.08. The van der Waals surface area contributed by atoms with Crippen LogP contribution in [-0.4, -0.2) is 34.1 Å². The molecule has 0 radical (unpaired) electrons. The predicted molar refractivity (Wildman–Crippen MR) is 129 cm³/mol. The molecule has 8 heteroatoms. The van der Waals surface area contributed by atoms with Gasteiger partial charge in [-0.1, -0.05) is 30.3 Å². The molecule has 5 rings (SSSR count). The summed E-state index contributed by atoms with van der Waals surface area (Å²) in [6.45, 7) is 0. The standard InChI is InChI=1S/C27H22FN3O4/c1-33-25-15-20-22(16-26(25)34-2)29-11-10-23(20)35-24-9-8-19(14-21(24)28)31-27(32)13-18(30-31)12-17-6-4-3-5-7-17/h3-11,13-16,32H,12H2,1-2H3. The first-order valence-corrected chi connectivity index (χ1v) is 10.9. The third-order valence-electron chi connectivity index (χ3n) is 5.56. The second kappa shape index (κ2) is 9.34. The second-order valence-electron chi connectivity index (χ2n) is 7.82. The molecule has 0 aliphatic rings. The topological polar surface area (TPSA) is 78.6 Å². The smallest absolute Gasteiger partial charge is 0.214 e. The number of hydrogen-bond donors (Lipinski definition) is 1. The van der Waals surface area contributed by atoms with E-state index in [0.29, 0.717) is 46.0 Å². The third kappa shape index (κ3) is 4.46. The minimum atomic E-state index is -0.604. The van der Waals surface area contributed by atoms with Crippen molar-refractivity contribution in [3.05, 3.63) is 96.1 Å². The first kappa shape index (κ1) is 22.2. The van der Waals surface area contributed by atoms with E-state index in [1.54, 1.807) is 43.6 Å². The van der Waals surface area contributed by atoms with Crippen molar-refractivity contribution in [2.75, 3.05) is 14.2 Å². The van der Waals surface area contributed by atoms with E-state index in [4.69, 9.17) is 14.2 Å². The molecule has 2 aromatic heterocycles. The Kier molecular flexibility index (Phi) is 5.93. The number of hydrogen-bond acceptors (Lipinski definition) is 6. The Labute approximate surface area is 201 Å². The Morgan fingerprint density at radius 2 is 1.63 bits per heavy atom. The van der Waals surface area contributed by atoms with Crippen molar-refractivity contribution >= 4 is 10.9 Å². The summed E-state index contributed by atoms with van der Waals surface area (Å²) in [6, 6.07) is 20.9. The van der Waals surface area contributed by atoms with E-state index in [-0.39, 0.29) is 11.6 Å². The van der Waals surface area contributed by atoms with Crippen LogP contribution >= 0.6 is 0 Å². The van der Waals surface area contributed by atoms with Gasteiger partial charge in [-0.15, -0.1) is 0 Å². The number of fused-ring (bicyclic) bond motifs is 1. The summed E-state index contributed by atoms with van der Waals surface area (Å²) in [5.41, 5.74) is 2.72. The van der Waals surface area contributed by atoms with Crippen LogP contribution < -0.4 is 14.2 Å². The summed E-state index contributed by atoms with van der Waals surface area (Å²) in [6.07, 6.45) is 2.13. The van der Waals surface area contributed by atoms with Crippen LogP contribution in [0.2, 0.25) is 0 Å². The van der Waals surface area contributed by atoms with Crippen molar-refractivity contribution in [2.45, 2.75) is 6.42 Å². The van der Waals surface area contributed by atoms with Gasteiger partial charge in [0.25, 0.3) is 0 Å². The summed E-state index contributed by atoms with van der Waals surface area (Å²) in [4.78, 5) is 4.34. The van der Waals surface area contributed by atoms with Gasteiger partial charge in [0.05, 0.1) is 31.1 Å². The van der Waals surface area contributed by atoms with Crippen LogP contribution in [0.4, 0.5) is 4.39 Å². The van der Waals surface area contributed by atoms with Crippen LogP contribution in [0.25, 0.3) is 16.6 Å². The van der Waals surface area contributed by atoms with Crippen LogP contribution in [0.5, 0.6) is 28.9 Å². The van der Waals surface area contributed by atoms with Gasteiger partial charge in [-0.2, -0.15) is 5.10 Å². The van der Waals surface area contributed by atoms with Crippen molar-refractivity contribution in [1.29, 1.82) is 0 Å². The highest BCUT2D eigenvalue weighted by molar-refractivity contribution is 5.88. The van der Waals surface area contributed by atoms with Crippen LogP contribution in [0, 0.1) is 5.82 Å². The molecule has 35 heavy (non-hydrogen) atoms. The van der Waals surface area contributed by atoms with Crippen LogP contribution in [-0.2, 0) is 6.42 Å². The van der Waals surface area contributed by atoms with Crippen molar-refractivity contribution in [3.63, 3.8) is 0 Å². The average molecular weight is 471 g/mol. The van der Waals surface area contributed by atoms with Gasteiger partial charge in [0.15, 0.2) is 23.1 Å².